The van der Waals surface area contributed by atoms with Crippen LogP contribution in [-0.4, -0.2) is 59.7 Å². The highest BCUT2D eigenvalue weighted by Crippen LogP contribution is 2.18. The number of hydrogen-bond acceptors (Lipinski definition) is 4. The van der Waals surface area contributed by atoms with Crippen molar-refractivity contribution in [3.63, 3.8) is 0 Å². The van der Waals surface area contributed by atoms with Gasteiger partial charge in [0.1, 0.15) is 0 Å². The van der Waals surface area contributed by atoms with E-state index in [0.29, 0.717) is 0 Å². The zero-order chi connectivity index (χ0) is 18.3. The van der Waals surface area contributed by atoms with Crippen molar-refractivity contribution in [3.05, 3.63) is 0 Å². The summed E-state index contributed by atoms with van der Waals surface area (Å²) in [7, 11) is 0. The number of aliphatic carboxylic acids is 2. The van der Waals surface area contributed by atoms with Crippen LogP contribution in [0.15, 0.2) is 0 Å². The maximum atomic E-state index is 10.6. The van der Waals surface area contributed by atoms with Crippen LogP contribution >= 0.6 is 0 Å². The molecule has 0 amide bonds. The third-order valence-electron chi connectivity index (χ3n) is 2.84. The summed E-state index contributed by atoms with van der Waals surface area (Å²) < 4.78 is 63.5. The minimum Gasteiger partial charge on any atom is -0.475 e. The van der Waals surface area contributed by atoms with Crippen molar-refractivity contribution in [2.24, 2.45) is 0 Å². The van der Waals surface area contributed by atoms with Crippen molar-refractivity contribution in [1.29, 1.82) is 0 Å². The zero-order valence-electron chi connectivity index (χ0n) is 11.7. The minimum absolute atomic E-state index is 0.801. The van der Waals surface area contributed by atoms with E-state index < -0.39 is 24.3 Å². The van der Waals surface area contributed by atoms with Gasteiger partial charge in [-0.15, -0.1) is 0 Å². The fourth-order valence-electron chi connectivity index (χ4n) is 1.31. The van der Waals surface area contributed by atoms with Crippen molar-refractivity contribution in [1.82, 2.24) is 10.6 Å². The largest absolute Gasteiger partial charge is 0.490 e. The molecular weight excluding hydrogens is 338 g/mol. The first-order chi connectivity index (χ1) is 10.3. The van der Waals surface area contributed by atoms with Gasteiger partial charge in [-0.3, -0.25) is 0 Å². The van der Waals surface area contributed by atoms with Gasteiger partial charge in [-0.25, -0.2) is 9.59 Å². The third kappa shape index (κ3) is 9.94. The Labute approximate surface area is 126 Å². The maximum Gasteiger partial charge on any atom is 0.490 e. The summed E-state index contributed by atoms with van der Waals surface area (Å²) in [4.78, 5) is 17.8. The predicted molar refractivity (Wildman–Crippen MR) is 64.8 cm³/mol. The van der Waals surface area contributed by atoms with Crippen LogP contribution in [0.5, 0.6) is 0 Å². The average Bonchev–Trinajstić information content (AvgIpc) is 2.23. The van der Waals surface area contributed by atoms with Crippen LogP contribution in [0.4, 0.5) is 26.3 Å². The van der Waals surface area contributed by atoms with Crippen molar-refractivity contribution in [3.8, 4) is 0 Å². The van der Waals surface area contributed by atoms with Gasteiger partial charge in [0.15, 0.2) is 0 Å². The molecular formula is C11H16F6N2O4. The molecule has 1 heterocycles. The Morgan fingerprint density at radius 3 is 1.35 bits per heavy atom. The summed E-state index contributed by atoms with van der Waals surface area (Å²) in [6.07, 6.45) is -5.90. The minimum atomic E-state index is -5.08. The fraction of sp³-hybridized carbons (Fsp3) is 0.818. The second-order valence-corrected chi connectivity index (χ2v) is 4.76. The first-order valence-electron chi connectivity index (χ1n) is 6.41. The van der Waals surface area contributed by atoms with Gasteiger partial charge in [0, 0.05) is 25.2 Å². The van der Waals surface area contributed by atoms with Crippen LogP contribution in [0.1, 0.15) is 19.3 Å². The molecule has 4 N–H and O–H groups in total. The molecule has 0 aromatic rings. The first kappa shape index (κ1) is 21.4. The Morgan fingerprint density at radius 1 is 0.870 bits per heavy atom. The Hall–Kier alpha value is -1.56. The highest BCUT2D eigenvalue weighted by molar-refractivity contribution is 5.73. The van der Waals surface area contributed by atoms with Crippen LogP contribution in [-0.2, 0) is 9.59 Å². The smallest absolute Gasteiger partial charge is 0.475 e. The molecule has 12 heteroatoms. The Balaban J connectivity index is 0.000000322. The quantitative estimate of drug-likeness (QED) is 0.559. The van der Waals surface area contributed by atoms with Crippen molar-refractivity contribution in [2.75, 3.05) is 13.1 Å². The van der Waals surface area contributed by atoms with E-state index in [-0.39, 0.29) is 0 Å². The lowest BCUT2D eigenvalue weighted by Crippen LogP contribution is -2.59. The number of alkyl halides is 6. The van der Waals surface area contributed by atoms with E-state index in [4.69, 9.17) is 19.8 Å². The molecule has 0 bridgehead atoms. The number of rotatable bonds is 2. The molecule has 1 saturated heterocycles. The van der Waals surface area contributed by atoms with Gasteiger partial charge < -0.3 is 20.8 Å². The molecule has 0 radical (unpaired) electrons. The van der Waals surface area contributed by atoms with Crippen LogP contribution in [0.25, 0.3) is 0 Å². The zero-order valence-corrected chi connectivity index (χ0v) is 11.7. The third-order valence-corrected chi connectivity index (χ3v) is 2.84. The van der Waals surface area contributed by atoms with Gasteiger partial charge in [0.2, 0.25) is 0 Å². The average molecular weight is 354 g/mol. The molecule has 0 aromatic heterocycles. The molecule has 23 heavy (non-hydrogen) atoms. The number of carboxylic acid groups (broad SMARTS) is 2. The summed E-state index contributed by atoms with van der Waals surface area (Å²) in [5.41, 5.74) is 0. The predicted octanol–water partition coefficient (Wildman–Crippen LogP) is 1.37. The van der Waals surface area contributed by atoms with E-state index in [1.54, 1.807) is 0 Å². The number of hydrogen-bond donors (Lipinski definition) is 4. The Kier molecular flexibility index (Phi) is 8.31. The van der Waals surface area contributed by atoms with Crippen molar-refractivity contribution in [2.45, 2.75) is 43.7 Å². The number of carbonyl (C=O) groups is 2. The maximum absolute atomic E-state index is 10.6. The van der Waals surface area contributed by atoms with Gasteiger partial charge in [0.25, 0.3) is 0 Å². The van der Waals surface area contributed by atoms with E-state index in [1.165, 1.54) is 32.4 Å². The number of nitrogens with one attached hydrogen (secondary N) is 2. The first-order valence-corrected chi connectivity index (χ1v) is 6.41. The second-order valence-electron chi connectivity index (χ2n) is 4.76. The molecule has 2 fully saturated rings. The Morgan fingerprint density at radius 2 is 1.22 bits per heavy atom. The van der Waals surface area contributed by atoms with Gasteiger partial charge in [-0.2, -0.15) is 26.3 Å². The lowest BCUT2D eigenvalue weighted by atomic mass is 9.92. The van der Waals surface area contributed by atoms with Crippen LogP contribution in [0.3, 0.4) is 0 Å². The molecule has 0 aromatic carbocycles. The molecule has 2 rings (SSSR count). The molecule has 136 valence electrons. The van der Waals surface area contributed by atoms with E-state index in [1.807, 2.05) is 0 Å². The van der Waals surface area contributed by atoms with E-state index >= 15 is 0 Å². The van der Waals surface area contributed by atoms with Crippen LogP contribution < -0.4 is 10.6 Å². The van der Waals surface area contributed by atoms with E-state index in [2.05, 4.69) is 10.6 Å². The highest BCUT2D eigenvalue weighted by atomic mass is 19.4. The number of halogens is 6. The lowest BCUT2D eigenvalue weighted by molar-refractivity contribution is -0.193. The fourth-order valence-corrected chi connectivity index (χ4v) is 1.31. The molecule has 2 aliphatic rings. The summed E-state index contributed by atoms with van der Waals surface area (Å²) >= 11 is 0. The highest BCUT2D eigenvalue weighted by Gasteiger charge is 2.38. The van der Waals surface area contributed by atoms with Crippen molar-refractivity contribution < 1.29 is 46.1 Å². The van der Waals surface area contributed by atoms with Gasteiger partial charge in [-0.1, -0.05) is 6.42 Å². The number of carboxylic acids is 2. The van der Waals surface area contributed by atoms with Crippen LogP contribution in [0, 0.1) is 0 Å². The SMILES string of the molecule is C1CC(NC2CNC2)C1.O=C(O)C(F)(F)F.O=C(O)C(F)(F)F. The topological polar surface area (TPSA) is 98.7 Å². The Bertz CT molecular complexity index is 355. The van der Waals surface area contributed by atoms with Gasteiger partial charge in [0.05, 0.1) is 0 Å². The molecule has 0 unspecified atom stereocenters. The summed E-state index contributed by atoms with van der Waals surface area (Å²) in [5, 5.41) is 21.1. The monoisotopic (exact) mass is 354 g/mol. The molecule has 6 nitrogen and oxygen atoms in total. The summed E-state index contributed by atoms with van der Waals surface area (Å²) in [5.74, 6) is -5.51. The lowest BCUT2D eigenvalue weighted by Gasteiger charge is -2.36. The van der Waals surface area contributed by atoms with Crippen molar-refractivity contribution >= 4 is 11.9 Å². The molecule has 0 spiro atoms. The molecule has 1 aliphatic carbocycles. The van der Waals surface area contributed by atoms with Crippen LogP contribution in [0.2, 0.25) is 0 Å². The summed E-state index contributed by atoms with van der Waals surface area (Å²) in [6, 6.07) is 1.67. The molecule has 0 atom stereocenters. The molecule has 1 saturated carbocycles. The summed E-state index contributed by atoms with van der Waals surface area (Å²) in [6.45, 7) is 2.38. The van der Waals surface area contributed by atoms with E-state index in [0.717, 1.165) is 12.1 Å². The second kappa shape index (κ2) is 8.91. The van der Waals surface area contributed by atoms with Gasteiger partial charge >= 0.3 is 24.3 Å². The normalized spacial score (nSPS) is 18.3. The standard InChI is InChI=1S/C7H14N2.2C2HF3O2/c1-2-6(3-1)9-7-4-8-5-7;2*3-2(4,5)1(6)7/h6-9H,1-5H2;2*(H,6,7). The molecule has 1 aliphatic heterocycles. The van der Waals surface area contributed by atoms with E-state index in [9.17, 15) is 26.3 Å². The van der Waals surface area contributed by atoms with Gasteiger partial charge in [-0.05, 0) is 12.8 Å².